The Balaban J connectivity index is 3.11. The van der Waals surface area contributed by atoms with Crippen LogP contribution in [0.25, 0.3) is 0 Å². The van der Waals surface area contributed by atoms with Gasteiger partial charge in [-0.15, -0.1) is 0 Å². The molecule has 0 aromatic heterocycles. The molecule has 3 N–H and O–H groups in total. The Morgan fingerprint density at radius 2 is 2.17 bits per heavy atom. The molecule has 0 aliphatic carbocycles. The molecule has 0 unspecified atom stereocenters. The van der Waals surface area contributed by atoms with Gasteiger partial charge in [0.05, 0.1) is 11.3 Å². The number of benzene rings is 1. The van der Waals surface area contributed by atoms with Gasteiger partial charge in [0, 0.05) is 17.6 Å². The molecule has 0 aliphatic heterocycles. The van der Waals surface area contributed by atoms with Crippen LogP contribution in [0.5, 0.6) is 0 Å². The number of amides is 1. The van der Waals surface area contributed by atoms with Gasteiger partial charge in [-0.1, -0.05) is 18.5 Å². The van der Waals surface area contributed by atoms with Crippen molar-refractivity contribution in [2.45, 2.75) is 33.2 Å². The smallest absolute Gasteiger partial charge is 0.256 e. The van der Waals surface area contributed by atoms with Crippen LogP contribution in [0.2, 0.25) is 5.02 Å². The number of nitrogens with one attached hydrogen (secondary N) is 1. The van der Waals surface area contributed by atoms with Crippen molar-refractivity contribution in [1.82, 2.24) is 4.90 Å². The Labute approximate surface area is 113 Å². The standard InChI is InChI=1S/C13H20ClN3O/c1-4-7-17(9(2)3)13(18)11-8-10(14)5-6-12(11)16-15/h5-6,8-9,16H,4,7,15H2,1-3H3. The zero-order valence-corrected chi connectivity index (χ0v) is 11.8. The molecule has 0 aliphatic rings. The topological polar surface area (TPSA) is 58.4 Å². The third-order valence-corrected chi connectivity index (χ3v) is 2.95. The Bertz CT molecular complexity index is 421. The van der Waals surface area contributed by atoms with Gasteiger partial charge in [-0.05, 0) is 38.5 Å². The number of nitrogens with zero attached hydrogens (tertiary/aromatic N) is 1. The van der Waals surface area contributed by atoms with Gasteiger partial charge in [0.2, 0.25) is 0 Å². The number of hydrazine groups is 1. The molecular formula is C13H20ClN3O. The molecule has 0 saturated heterocycles. The maximum absolute atomic E-state index is 12.5. The molecule has 1 aromatic carbocycles. The number of hydrogen-bond acceptors (Lipinski definition) is 3. The minimum Gasteiger partial charge on any atom is -0.336 e. The summed E-state index contributed by atoms with van der Waals surface area (Å²) in [7, 11) is 0. The van der Waals surface area contributed by atoms with Gasteiger partial charge in [0.25, 0.3) is 5.91 Å². The second-order valence-corrected chi connectivity index (χ2v) is 4.86. The first-order valence-corrected chi connectivity index (χ1v) is 6.46. The number of halogens is 1. The van der Waals surface area contributed by atoms with Crippen LogP contribution in [0.1, 0.15) is 37.6 Å². The predicted molar refractivity (Wildman–Crippen MR) is 75.7 cm³/mol. The predicted octanol–water partition coefficient (Wildman–Crippen LogP) is 2.89. The number of nitrogens with two attached hydrogens (primary N) is 1. The van der Waals surface area contributed by atoms with E-state index in [0.29, 0.717) is 22.8 Å². The van der Waals surface area contributed by atoms with Crippen molar-refractivity contribution in [2.75, 3.05) is 12.0 Å². The lowest BCUT2D eigenvalue weighted by Crippen LogP contribution is -2.38. The third-order valence-electron chi connectivity index (χ3n) is 2.72. The fourth-order valence-electron chi connectivity index (χ4n) is 1.81. The highest BCUT2D eigenvalue weighted by Crippen LogP contribution is 2.22. The molecule has 100 valence electrons. The molecule has 1 rings (SSSR count). The Kier molecular flexibility index (Phi) is 5.44. The van der Waals surface area contributed by atoms with E-state index in [1.165, 1.54) is 0 Å². The average molecular weight is 270 g/mol. The van der Waals surface area contributed by atoms with Crippen LogP contribution >= 0.6 is 11.6 Å². The molecule has 0 saturated carbocycles. The molecule has 0 bridgehead atoms. The largest absolute Gasteiger partial charge is 0.336 e. The second-order valence-electron chi connectivity index (χ2n) is 4.43. The quantitative estimate of drug-likeness (QED) is 0.638. The van der Waals surface area contributed by atoms with E-state index in [1.807, 2.05) is 25.7 Å². The highest BCUT2D eigenvalue weighted by Gasteiger charge is 2.20. The van der Waals surface area contributed by atoms with Crippen molar-refractivity contribution in [3.05, 3.63) is 28.8 Å². The minimum absolute atomic E-state index is 0.0534. The lowest BCUT2D eigenvalue weighted by molar-refractivity contribution is 0.0707. The van der Waals surface area contributed by atoms with E-state index >= 15 is 0 Å². The summed E-state index contributed by atoms with van der Waals surface area (Å²) in [6, 6.07) is 5.19. The van der Waals surface area contributed by atoms with Gasteiger partial charge in [-0.25, -0.2) is 0 Å². The summed E-state index contributed by atoms with van der Waals surface area (Å²) in [6.07, 6.45) is 0.913. The molecule has 0 radical (unpaired) electrons. The number of hydrogen-bond donors (Lipinski definition) is 2. The first kappa shape index (κ1) is 14.8. The molecular weight excluding hydrogens is 250 g/mol. The zero-order chi connectivity index (χ0) is 13.7. The van der Waals surface area contributed by atoms with Crippen LogP contribution in [0, 0.1) is 0 Å². The van der Waals surface area contributed by atoms with Crippen LogP contribution in [0.3, 0.4) is 0 Å². The number of anilines is 1. The van der Waals surface area contributed by atoms with Crippen molar-refractivity contribution >= 4 is 23.2 Å². The van der Waals surface area contributed by atoms with Gasteiger partial charge in [-0.3, -0.25) is 10.6 Å². The monoisotopic (exact) mass is 269 g/mol. The van der Waals surface area contributed by atoms with Crippen LogP contribution in [0.4, 0.5) is 5.69 Å². The Morgan fingerprint density at radius 3 is 2.67 bits per heavy atom. The van der Waals surface area contributed by atoms with Gasteiger partial charge in [-0.2, -0.15) is 0 Å². The van der Waals surface area contributed by atoms with Crippen molar-refractivity contribution < 1.29 is 4.79 Å². The van der Waals surface area contributed by atoms with Crippen molar-refractivity contribution in [3.8, 4) is 0 Å². The molecule has 0 fully saturated rings. The van der Waals surface area contributed by atoms with E-state index in [2.05, 4.69) is 5.43 Å². The van der Waals surface area contributed by atoms with E-state index in [-0.39, 0.29) is 11.9 Å². The minimum atomic E-state index is -0.0534. The number of carbonyl (C=O) groups excluding carboxylic acids is 1. The summed E-state index contributed by atoms with van der Waals surface area (Å²) >= 11 is 5.94. The second kappa shape index (κ2) is 6.61. The molecule has 0 spiro atoms. The van der Waals surface area contributed by atoms with Crippen LogP contribution < -0.4 is 11.3 Å². The van der Waals surface area contributed by atoms with Crippen LogP contribution in [0.15, 0.2) is 18.2 Å². The maximum atomic E-state index is 12.5. The SMILES string of the molecule is CCCN(C(=O)c1cc(Cl)ccc1NN)C(C)C. The lowest BCUT2D eigenvalue weighted by atomic mass is 10.1. The fourth-order valence-corrected chi connectivity index (χ4v) is 1.98. The highest BCUT2D eigenvalue weighted by molar-refractivity contribution is 6.31. The van der Waals surface area contributed by atoms with Gasteiger partial charge >= 0.3 is 0 Å². The van der Waals surface area contributed by atoms with Crippen LogP contribution in [-0.4, -0.2) is 23.4 Å². The van der Waals surface area contributed by atoms with E-state index in [0.717, 1.165) is 6.42 Å². The van der Waals surface area contributed by atoms with E-state index < -0.39 is 0 Å². The summed E-state index contributed by atoms with van der Waals surface area (Å²) in [4.78, 5) is 14.3. The van der Waals surface area contributed by atoms with Crippen molar-refractivity contribution in [2.24, 2.45) is 5.84 Å². The Morgan fingerprint density at radius 1 is 1.50 bits per heavy atom. The fraction of sp³-hybridized carbons (Fsp3) is 0.462. The molecule has 4 nitrogen and oxygen atoms in total. The summed E-state index contributed by atoms with van der Waals surface area (Å²) in [5.74, 6) is 5.37. The van der Waals surface area contributed by atoms with Crippen LogP contribution in [-0.2, 0) is 0 Å². The molecule has 0 atom stereocenters. The summed E-state index contributed by atoms with van der Waals surface area (Å²) < 4.78 is 0. The molecule has 18 heavy (non-hydrogen) atoms. The molecule has 0 heterocycles. The summed E-state index contributed by atoms with van der Waals surface area (Å²) in [6.45, 7) is 6.75. The maximum Gasteiger partial charge on any atom is 0.256 e. The van der Waals surface area contributed by atoms with Crippen molar-refractivity contribution in [3.63, 3.8) is 0 Å². The summed E-state index contributed by atoms with van der Waals surface area (Å²) in [5, 5.41) is 0.526. The number of rotatable bonds is 5. The molecule has 1 amide bonds. The number of nitrogen functional groups attached to an aromatic ring is 1. The van der Waals surface area contributed by atoms with E-state index in [1.54, 1.807) is 18.2 Å². The summed E-state index contributed by atoms with van der Waals surface area (Å²) in [5.41, 5.74) is 3.63. The Hall–Kier alpha value is -1.26. The number of carbonyl (C=O) groups is 1. The normalized spacial score (nSPS) is 10.6. The van der Waals surface area contributed by atoms with Gasteiger partial charge in [0.15, 0.2) is 0 Å². The van der Waals surface area contributed by atoms with Crippen molar-refractivity contribution in [1.29, 1.82) is 0 Å². The average Bonchev–Trinajstić information content (AvgIpc) is 2.34. The third kappa shape index (κ3) is 3.37. The van der Waals surface area contributed by atoms with Gasteiger partial charge < -0.3 is 10.3 Å². The van der Waals surface area contributed by atoms with Gasteiger partial charge in [0.1, 0.15) is 0 Å². The highest BCUT2D eigenvalue weighted by atomic mass is 35.5. The zero-order valence-electron chi connectivity index (χ0n) is 11.0. The first-order valence-electron chi connectivity index (χ1n) is 6.08. The molecule has 5 heteroatoms. The first-order chi connectivity index (χ1) is 8.51. The lowest BCUT2D eigenvalue weighted by Gasteiger charge is -2.27. The van der Waals surface area contributed by atoms with E-state index in [4.69, 9.17) is 17.4 Å². The molecule has 1 aromatic rings. The van der Waals surface area contributed by atoms with E-state index in [9.17, 15) is 4.79 Å².